The van der Waals surface area contributed by atoms with Crippen molar-refractivity contribution in [3.63, 3.8) is 0 Å². The highest BCUT2D eigenvalue weighted by atomic mass is 16.4. The van der Waals surface area contributed by atoms with Gasteiger partial charge in [0.25, 0.3) is 5.91 Å². The van der Waals surface area contributed by atoms with Gasteiger partial charge in [-0.2, -0.15) is 0 Å². The number of rotatable bonds is 6. The quantitative estimate of drug-likeness (QED) is 0.730. The molecule has 3 unspecified atom stereocenters. The summed E-state index contributed by atoms with van der Waals surface area (Å²) in [5.41, 5.74) is 0. The van der Waals surface area contributed by atoms with Crippen molar-refractivity contribution >= 4 is 11.9 Å². The third-order valence-electron chi connectivity index (χ3n) is 3.09. The van der Waals surface area contributed by atoms with Crippen molar-refractivity contribution in [1.29, 1.82) is 0 Å². The fraction of sp³-hybridized carbons (Fsp3) is 0.833. The number of carbonyl (C=O) groups is 2. The average molecular weight is 245 g/mol. The van der Waals surface area contributed by atoms with Crippen molar-refractivity contribution < 1.29 is 19.8 Å². The summed E-state index contributed by atoms with van der Waals surface area (Å²) in [6.07, 6.45) is -0.488. The number of hydrogen-bond acceptors (Lipinski definition) is 3. The van der Waals surface area contributed by atoms with E-state index < -0.39 is 24.0 Å². The second-order valence-corrected chi connectivity index (χ2v) is 4.81. The van der Waals surface area contributed by atoms with Crippen molar-refractivity contribution in [2.75, 3.05) is 7.05 Å². The zero-order valence-electron chi connectivity index (χ0n) is 11.2. The summed E-state index contributed by atoms with van der Waals surface area (Å²) in [5, 5.41) is 18.8. The van der Waals surface area contributed by atoms with Gasteiger partial charge in [0.2, 0.25) is 0 Å². The van der Waals surface area contributed by atoms with Crippen LogP contribution in [0.15, 0.2) is 0 Å². The smallest absolute Gasteiger partial charge is 0.326 e. The van der Waals surface area contributed by atoms with Gasteiger partial charge in [0.1, 0.15) is 12.1 Å². The van der Waals surface area contributed by atoms with Crippen molar-refractivity contribution in [3.8, 4) is 0 Å². The van der Waals surface area contributed by atoms with Gasteiger partial charge in [-0.05, 0) is 11.8 Å². The summed E-state index contributed by atoms with van der Waals surface area (Å²) < 4.78 is 0. The molecule has 3 atom stereocenters. The predicted octanol–water partition coefficient (Wildman–Crippen LogP) is 0.961. The van der Waals surface area contributed by atoms with E-state index in [1.807, 2.05) is 6.92 Å². The molecule has 0 aliphatic rings. The molecule has 0 radical (unpaired) electrons. The second kappa shape index (κ2) is 6.59. The van der Waals surface area contributed by atoms with E-state index in [9.17, 15) is 14.7 Å². The lowest BCUT2D eigenvalue weighted by Crippen LogP contribution is -2.50. The number of likely N-dealkylation sites (N-methyl/N-ethyl adjacent to an activating group) is 1. The summed E-state index contributed by atoms with van der Waals surface area (Å²) in [5.74, 6) is -1.95. The maximum absolute atomic E-state index is 11.9. The van der Waals surface area contributed by atoms with Crippen LogP contribution in [-0.4, -0.2) is 46.2 Å². The van der Waals surface area contributed by atoms with E-state index >= 15 is 0 Å². The molecule has 0 aromatic carbocycles. The lowest BCUT2D eigenvalue weighted by molar-refractivity contribution is -0.156. The predicted molar refractivity (Wildman–Crippen MR) is 64.5 cm³/mol. The van der Waals surface area contributed by atoms with Crippen LogP contribution in [0.5, 0.6) is 0 Å². The number of aliphatic carboxylic acids is 1. The van der Waals surface area contributed by atoms with E-state index in [1.54, 1.807) is 20.8 Å². The first-order valence-corrected chi connectivity index (χ1v) is 5.91. The molecule has 0 aromatic rings. The van der Waals surface area contributed by atoms with Gasteiger partial charge in [-0.1, -0.05) is 34.1 Å². The molecule has 2 N–H and O–H groups in total. The third-order valence-corrected chi connectivity index (χ3v) is 3.09. The van der Waals surface area contributed by atoms with Crippen LogP contribution in [-0.2, 0) is 9.59 Å². The van der Waals surface area contributed by atoms with Gasteiger partial charge in [0.15, 0.2) is 0 Å². The Bertz CT molecular complexity index is 278. The highest BCUT2D eigenvalue weighted by Crippen LogP contribution is 2.16. The van der Waals surface area contributed by atoms with Gasteiger partial charge in [-0.15, -0.1) is 0 Å². The number of aliphatic hydroxyl groups is 1. The van der Waals surface area contributed by atoms with E-state index in [0.717, 1.165) is 4.90 Å². The molecule has 0 heterocycles. The van der Waals surface area contributed by atoms with Crippen LogP contribution >= 0.6 is 0 Å². The fourth-order valence-corrected chi connectivity index (χ4v) is 1.64. The molecule has 100 valence electrons. The molecule has 0 bridgehead atoms. The first-order valence-electron chi connectivity index (χ1n) is 5.91. The number of hydrogen-bond donors (Lipinski definition) is 2. The van der Waals surface area contributed by atoms with Crippen LogP contribution in [0.1, 0.15) is 34.1 Å². The summed E-state index contributed by atoms with van der Waals surface area (Å²) in [6, 6.07) is -0.888. The normalized spacial score (nSPS) is 16.4. The minimum absolute atomic E-state index is 0.152. The Morgan fingerprint density at radius 3 is 2.00 bits per heavy atom. The Morgan fingerprint density at radius 1 is 1.24 bits per heavy atom. The first kappa shape index (κ1) is 15.9. The number of carbonyl (C=O) groups excluding carboxylic acids is 1. The van der Waals surface area contributed by atoms with Crippen LogP contribution < -0.4 is 0 Å². The highest BCUT2D eigenvalue weighted by molar-refractivity contribution is 5.86. The van der Waals surface area contributed by atoms with Gasteiger partial charge >= 0.3 is 5.97 Å². The third kappa shape index (κ3) is 4.00. The van der Waals surface area contributed by atoms with Crippen molar-refractivity contribution in [3.05, 3.63) is 0 Å². The largest absolute Gasteiger partial charge is 0.480 e. The maximum Gasteiger partial charge on any atom is 0.326 e. The van der Waals surface area contributed by atoms with Crippen LogP contribution in [0.4, 0.5) is 0 Å². The molecule has 5 nitrogen and oxygen atoms in total. The molecule has 5 heteroatoms. The Hall–Kier alpha value is -1.10. The van der Waals surface area contributed by atoms with E-state index in [0.29, 0.717) is 6.42 Å². The minimum Gasteiger partial charge on any atom is -0.480 e. The number of carboxylic acid groups (broad SMARTS) is 1. The average Bonchev–Trinajstić information content (AvgIpc) is 2.25. The van der Waals surface area contributed by atoms with Gasteiger partial charge < -0.3 is 15.1 Å². The van der Waals surface area contributed by atoms with E-state index in [4.69, 9.17) is 5.11 Å². The highest BCUT2D eigenvalue weighted by Gasteiger charge is 2.34. The van der Waals surface area contributed by atoms with Crippen molar-refractivity contribution in [1.82, 2.24) is 4.90 Å². The maximum atomic E-state index is 11.9. The van der Waals surface area contributed by atoms with Crippen LogP contribution in [0.3, 0.4) is 0 Å². The van der Waals surface area contributed by atoms with E-state index in [1.165, 1.54) is 7.05 Å². The number of carboxylic acids is 1. The van der Waals surface area contributed by atoms with Gasteiger partial charge in [-0.25, -0.2) is 4.79 Å². The molecule has 0 spiro atoms. The first-order chi connectivity index (χ1) is 7.73. The van der Waals surface area contributed by atoms with E-state index in [-0.39, 0.29) is 11.8 Å². The molecule has 0 saturated carbocycles. The molecule has 0 aliphatic heterocycles. The summed E-state index contributed by atoms with van der Waals surface area (Å²) in [7, 11) is 1.43. The number of aliphatic hydroxyl groups excluding tert-OH is 1. The molecule has 0 aliphatic carbocycles. The molecule has 1 amide bonds. The molecule has 0 aromatic heterocycles. The molecular weight excluding hydrogens is 222 g/mol. The lowest BCUT2D eigenvalue weighted by atomic mass is 9.96. The SMILES string of the molecule is CCC(C)C(C(=O)O)N(C)C(=O)C(O)C(C)C. The zero-order chi connectivity index (χ0) is 13.7. The van der Waals surface area contributed by atoms with Crippen molar-refractivity contribution in [2.45, 2.75) is 46.3 Å². The standard InChI is InChI=1S/C12H23NO4/c1-6-8(4)9(12(16)17)13(5)11(15)10(14)7(2)3/h7-10,14H,6H2,1-5H3,(H,16,17). The Labute approximate surface area is 102 Å². The lowest BCUT2D eigenvalue weighted by Gasteiger charge is -2.31. The Kier molecular flexibility index (Phi) is 6.16. The van der Waals surface area contributed by atoms with Crippen LogP contribution in [0.25, 0.3) is 0 Å². The summed E-state index contributed by atoms with van der Waals surface area (Å²) in [6.45, 7) is 7.09. The Balaban J connectivity index is 4.90. The monoisotopic (exact) mass is 245 g/mol. The molecular formula is C12H23NO4. The molecule has 17 heavy (non-hydrogen) atoms. The topological polar surface area (TPSA) is 77.8 Å². The van der Waals surface area contributed by atoms with Crippen molar-refractivity contribution in [2.24, 2.45) is 11.8 Å². The van der Waals surface area contributed by atoms with Gasteiger partial charge in [-0.3, -0.25) is 4.79 Å². The minimum atomic E-state index is -1.15. The van der Waals surface area contributed by atoms with Gasteiger partial charge in [0.05, 0.1) is 0 Å². The molecule has 0 fully saturated rings. The van der Waals surface area contributed by atoms with E-state index in [2.05, 4.69) is 0 Å². The number of nitrogens with zero attached hydrogens (tertiary/aromatic N) is 1. The number of amides is 1. The molecule has 0 saturated heterocycles. The second-order valence-electron chi connectivity index (χ2n) is 4.81. The summed E-state index contributed by atoms with van der Waals surface area (Å²) >= 11 is 0. The van der Waals surface area contributed by atoms with Crippen LogP contribution in [0, 0.1) is 11.8 Å². The van der Waals surface area contributed by atoms with Gasteiger partial charge in [0, 0.05) is 7.05 Å². The zero-order valence-corrected chi connectivity index (χ0v) is 11.2. The fourth-order valence-electron chi connectivity index (χ4n) is 1.64. The summed E-state index contributed by atoms with van der Waals surface area (Å²) in [4.78, 5) is 24.2. The molecule has 0 rings (SSSR count). The van der Waals surface area contributed by atoms with Crippen LogP contribution in [0.2, 0.25) is 0 Å². The Morgan fingerprint density at radius 2 is 1.71 bits per heavy atom.